The third kappa shape index (κ3) is 3.87. The van der Waals surface area contributed by atoms with Gasteiger partial charge in [-0.2, -0.15) is 0 Å². The van der Waals surface area contributed by atoms with Gasteiger partial charge in [0.25, 0.3) is 0 Å². The lowest BCUT2D eigenvalue weighted by atomic mass is 10.2. The molecule has 0 radical (unpaired) electrons. The summed E-state index contributed by atoms with van der Waals surface area (Å²) in [7, 11) is 0. The van der Waals surface area contributed by atoms with Crippen molar-refractivity contribution in [3.63, 3.8) is 0 Å². The van der Waals surface area contributed by atoms with Gasteiger partial charge in [-0.15, -0.1) is 0 Å². The smallest absolute Gasteiger partial charge is 0.152 e. The topological polar surface area (TPSA) is 34.1 Å². The summed E-state index contributed by atoms with van der Waals surface area (Å²) in [6, 6.07) is 7.78. The zero-order chi connectivity index (χ0) is 14.5. The van der Waals surface area contributed by atoms with E-state index in [0.717, 1.165) is 25.9 Å². The van der Waals surface area contributed by atoms with Gasteiger partial charge in [0, 0.05) is 12.7 Å². The minimum absolute atomic E-state index is 0.469. The molecule has 0 saturated heterocycles. The largest absolute Gasteiger partial charge is 0.492 e. The lowest BCUT2D eigenvalue weighted by Crippen LogP contribution is -2.02. The third-order valence-electron chi connectivity index (χ3n) is 2.59. The first-order valence-electron chi connectivity index (χ1n) is 6.07. The van der Waals surface area contributed by atoms with Crippen molar-refractivity contribution in [3.8, 4) is 5.75 Å². The van der Waals surface area contributed by atoms with E-state index in [9.17, 15) is 0 Å². The number of ether oxygens (including phenoxy) is 1. The molecule has 20 heavy (non-hydrogen) atoms. The van der Waals surface area contributed by atoms with Gasteiger partial charge in [0.05, 0.1) is 21.2 Å². The Morgan fingerprint density at radius 3 is 2.60 bits per heavy atom. The lowest BCUT2D eigenvalue weighted by Gasteiger charge is -2.12. The molecule has 0 aliphatic heterocycles. The monoisotopic (exact) mass is 418 g/mol. The van der Waals surface area contributed by atoms with E-state index >= 15 is 0 Å². The molecule has 0 spiro atoms. The summed E-state index contributed by atoms with van der Waals surface area (Å²) < 4.78 is 7.40. The quantitative estimate of drug-likeness (QED) is 0.669. The Balaban J connectivity index is 2.13. The van der Waals surface area contributed by atoms with Crippen LogP contribution in [0.3, 0.4) is 0 Å². The van der Waals surface area contributed by atoms with Crippen molar-refractivity contribution >= 4 is 49.1 Å². The normalized spacial score (nSPS) is 10.4. The summed E-state index contributed by atoms with van der Waals surface area (Å²) >= 11 is 13.0. The van der Waals surface area contributed by atoms with Crippen molar-refractivity contribution in [1.29, 1.82) is 0 Å². The van der Waals surface area contributed by atoms with Crippen molar-refractivity contribution in [3.05, 3.63) is 50.1 Å². The standard InChI is InChI=1S/C14H13Br2ClN2O/c1-2-20-13-10(15)6-9(7-11(13)16)8-19-12-4-3-5-18-14(12)17/h3-7,19H,2,8H2,1H3. The molecule has 1 aromatic heterocycles. The first kappa shape index (κ1) is 15.6. The van der Waals surface area contributed by atoms with Gasteiger partial charge in [-0.3, -0.25) is 0 Å². The van der Waals surface area contributed by atoms with Crippen LogP contribution in [0.25, 0.3) is 0 Å². The Morgan fingerprint density at radius 1 is 1.30 bits per heavy atom. The molecule has 1 heterocycles. The summed E-state index contributed by atoms with van der Waals surface area (Å²) in [5, 5.41) is 3.73. The molecule has 106 valence electrons. The molecule has 0 unspecified atom stereocenters. The van der Waals surface area contributed by atoms with Crippen LogP contribution < -0.4 is 10.1 Å². The summed E-state index contributed by atoms with van der Waals surface area (Å²) in [5.41, 5.74) is 1.92. The van der Waals surface area contributed by atoms with Gasteiger partial charge < -0.3 is 10.1 Å². The molecule has 0 saturated carbocycles. The van der Waals surface area contributed by atoms with Crippen LogP contribution in [0.15, 0.2) is 39.4 Å². The molecule has 0 amide bonds. The van der Waals surface area contributed by atoms with E-state index < -0.39 is 0 Å². The van der Waals surface area contributed by atoms with Gasteiger partial charge in [-0.25, -0.2) is 4.98 Å². The van der Waals surface area contributed by atoms with E-state index in [0.29, 0.717) is 18.3 Å². The van der Waals surface area contributed by atoms with Crippen LogP contribution >= 0.6 is 43.5 Å². The Kier molecular flexibility index (Phi) is 5.69. The first-order chi connectivity index (χ1) is 9.61. The predicted octanol–water partition coefficient (Wildman–Crippen LogP) is 5.27. The predicted molar refractivity (Wildman–Crippen MR) is 89.6 cm³/mol. The zero-order valence-electron chi connectivity index (χ0n) is 10.8. The van der Waals surface area contributed by atoms with Crippen LogP contribution in [0.5, 0.6) is 5.75 Å². The Morgan fingerprint density at radius 2 is 2.00 bits per heavy atom. The first-order valence-corrected chi connectivity index (χ1v) is 8.03. The molecular weight excluding hydrogens is 407 g/mol. The second-order valence-electron chi connectivity index (χ2n) is 4.02. The third-order valence-corrected chi connectivity index (χ3v) is 4.07. The van der Waals surface area contributed by atoms with Crippen molar-refractivity contribution in [2.24, 2.45) is 0 Å². The molecule has 0 aliphatic rings. The van der Waals surface area contributed by atoms with E-state index in [1.807, 2.05) is 31.2 Å². The van der Waals surface area contributed by atoms with Gasteiger partial charge in [-0.05, 0) is 68.6 Å². The molecule has 0 atom stereocenters. The van der Waals surface area contributed by atoms with Crippen LogP contribution in [0, 0.1) is 0 Å². The number of hydrogen-bond donors (Lipinski definition) is 1. The van der Waals surface area contributed by atoms with Crippen LogP contribution in [-0.2, 0) is 6.54 Å². The molecule has 0 aliphatic carbocycles. The number of pyridine rings is 1. The number of nitrogens with zero attached hydrogens (tertiary/aromatic N) is 1. The highest BCUT2D eigenvalue weighted by Gasteiger charge is 2.09. The summed E-state index contributed by atoms with van der Waals surface area (Å²) in [6.07, 6.45) is 1.66. The van der Waals surface area contributed by atoms with Gasteiger partial charge >= 0.3 is 0 Å². The average molecular weight is 421 g/mol. The van der Waals surface area contributed by atoms with Crippen LogP contribution in [0.4, 0.5) is 5.69 Å². The number of nitrogens with one attached hydrogen (secondary N) is 1. The molecule has 6 heteroatoms. The minimum Gasteiger partial charge on any atom is -0.492 e. The zero-order valence-corrected chi connectivity index (χ0v) is 14.7. The summed E-state index contributed by atoms with van der Waals surface area (Å²) in [5.74, 6) is 0.815. The van der Waals surface area contributed by atoms with Crippen LogP contribution in [0.2, 0.25) is 5.15 Å². The SMILES string of the molecule is CCOc1c(Br)cc(CNc2cccnc2Cl)cc1Br. The van der Waals surface area contributed by atoms with E-state index in [1.54, 1.807) is 6.20 Å². The van der Waals surface area contributed by atoms with Crippen molar-refractivity contribution < 1.29 is 4.74 Å². The highest BCUT2D eigenvalue weighted by Crippen LogP contribution is 2.35. The van der Waals surface area contributed by atoms with Gasteiger partial charge in [0.1, 0.15) is 5.75 Å². The molecule has 0 bridgehead atoms. The Hall–Kier alpha value is -0.780. The van der Waals surface area contributed by atoms with E-state index in [-0.39, 0.29) is 0 Å². The van der Waals surface area contributed by atoms with Crippen LogP contribution in [-0.4, -0.2) is 11.6 Å². The molecule has 3 nitrogen and oxygen atoms in total. The number of aromatic nitrogens is 1. The highest BCUT2D eigenvalue weighted by atomic mass is 79.9. The molecule has 1 aromatic carbocycles. The highest BCUT2D eigenvalue weighted by molar-refractivity contribution is 9.11. The maximum Gasteiger partial charge on any atom is 0.152 e. The second-order valence-corrected chi connectivity index (χ2v) is 6.08. The van der Waals surface area contributed by atoms with Gasteiger partial charge in [-0.1, -0.05) is 11.6 Å². The number of hydrogen-bond acceptors (Lipinski definition) is 3. The van der Waals surface area contributed by atoms with E-state index in [4.69, 9.17) is 16.3 Å². The van der Waals surface area contributed by atoms with Crippen molar-refractivity contribution in [2.45, 2.75) is 13.5 Å². The number of halogens is 3. The Bertz CT molecular complexity index is 584. The fraction of sp³-hybridized carbons (Fsp3) is 0.214. The average Bonchev–Trinajstić information content (AvgIpc) is 2.42. The second kappa shape index (κ2) is 7.29. The Labute approximate surface area is 140 Å². The van der Waals surface area contributed by atoms with Crippen molar-refractivity contribution in [2.75, 3.05) is 11.9 Å². The van der Waals surface area contributed by atoms with E-state index in [2.05, 4.69) is 42.2 Å². The number of rotatable bonds is 5. The van der Waals surface area contributed by atoms with Crippen molar-refractivity contribution in [1.82, 2.24) is 4.98 Å². The summed E-state index contributed by atoms with van der Waals surface area (Å²) in [6.45, 7) is 3.23. The molecule has 1 N–H and O–H groups in total. The number of benzene rings is 1. The van der Waals surface area contributed by atoms with Crippen LogP contribution in [0.1, 0.15) is 12.5 Å². The molecule has 2 rings (SSSR count). The van der Waals surface area contributed by atoms with Gasteiger partial charge in [0.2, 0.25) is 0 Å². The minimum atomic E-state index is 0.469. The lowest BCUT2D eigenvalue weighted by molar-refractivity contribution is 0.336. The fourth-order valence-corrected chi connectivity index (χ4v) is 3.41. The summed E-state index contributed by atoms with van der Waals surface area (Å²) in [4.78, 5) is 4.03. The molecule has 2 aromatic rings. The number of anilines is 1. The fourth-order valence-electron chi connectivity index (χ4n) is 1.71. The van der Waals surface area contributed by atoms with E-state index in [1.165, 1.54) is 0 Å². The molecular formula is C14H13Br2ClN2O. The molecule has 0 fully saturated rings. The van der Waals surface area contributed by atoms with Gasteiger partial charge in [0.15, 0.2) is 5.15 Å². The maximum absolute atomic E-state index is 6.01. The maximum atomic E-state index is 6.01.